The van der Waals surface area contributed by atoms with E-state index in [1.54, 1.807) is 0 Å². The van der Waals surface area contributed by atoms with E-state index < -0.39 is 5.60 Å². The molecule has 0 spiro atoms. The second kappa shape index (κ2) is 5.17. The van der Waals surface area contributed by atoms with Gasteiger partial charge in [0, 0.05) is 23.9 Å². The zero-order valence-electron chi connectivity index (χ0n) is 15.1. The summed E-state index contributed by atoms with van der Waals surface area (Å²) < 4.78 is 0. The van der Waals surface area contributed by atoms with Crippen LogP contribution in [-0.4, -0.2) is 40.5 Å². The lowest BCUT2D eigenvalue weighted by Gasteiger charge is -2.51. The van der Waals surface area contributed by atoms with Crippen molar-refractivity contribution in [3.63, 3.8) is 0 Å². The molecule has 0 unspecified atom stereocenters. The lowest BCUT2D eigenvalue weighted by molar-refractivity contribution is -0.123. The fraction of sp³-hybridized carbons (Fsp3) is 0.857. The zero-order chi connectivity index (χ0) is 16.6. The van der Waals surface area contributed by atoms with E-state index in [-0.39, 0.29) is 5.92 Å². The van der Waals surface area contributed by atoms with Gasteiger partial charge in [-0.3, -0.25) is 4.79 Å². The van der Waals surface area contributed by atoms with Crippen molar-refractivity contribution >= 4 is 5.78 Å². The average Bonchev–Trinajstić information content (AvgIpc) is 2.80. The topological polar surface area (TPSA) is 40.5 Å². The molecule has 3 nitrogen and oxygen atoms in total. The first-order chi connectivity index (χ1) is 11.5. The first kappa shape index (κ1) is 15.6. The fourth-order valence-corrected chi connectivity index (χ4v) is 7.41. The van der Waals surface area contributed by atoms with Gasteiger partial charge in [-0.2, -0.15) is 0 Å². The average molecular weight is 329 g/mol. The van der Waals surface area contributed by atoms with Crippen LogP contribution in [-0.2, 0) is 4.79 Å². The quantitative estimate of drug-likeness (QED) is 0.742. The third-order valence-corrected chi connectivity index (χ3v) is 8.62. The molecule has 1 aliphatic heterocycles. The molecule has 5 aliphatic rings. The van der Waals surface area contributed by atoms with Crippen LogP contribution in [0.3, 0.4) is 0 Å². The van der Waals surface area contributed by atoms with Crippen LogP contribution in [0.2, 0.25) is 0 Å². The predicted molar refractivity (Wildman–Crippen MR) is 93.4 cm³/mol. The van der Waals surface area contributed by atoms with Gasteiger partial charge in [0.1, 0.15) is 0 Å². The second-order valence-corrected chi connectivity index (χ2v) is 9.47. The highest BCUT2D eigenvalue weighted by Crippen LogP contribution is 2.63. The Morgan fingerprint density at radius 2 is 2.00 bits per heavy atom. The minimum Gasteiger partial charge on any atom is -0.385 e. The Kier molecular flexibility index (Phi) is 3.35. The van der Waals surface area contributed by atoms with Crippen LogP contribution in [0.15, 0.2) is 11.6 Å². The van der Waals surface area contributed by atoms with E-state index in [0.29, 0.717) is 41.5 Å². The summed E-state index contributed by atoms with van der Waals surface area (Å²) in [6.45, 7) is 2.32. The minimum absolute atomic E-state index is 0.258. The Morgan fingerprint density at radius 1 is 1.21 bits per heavy atom. The number of allylic oxidation sites excluding steroid dienone is 1. The van der Waals surface area contributed by atoms with Crippen LogP contribution in [0.1, 0.15) is 58.3 Å². The smallest absolute Gasteiger partial charge is 0.159 e. The van der Waals surface area contributed by atoms with Crippen LogP contribution >= 0.6 is 0 Å². The van der Waals surface area contributed by atoms with Crippen molar-refractivity contribution in [1.82, 2.24) is 4.90 Å². The van der Waals surface area contributed by atoms with Gasteiger partial charge in [-0.25, -0.2) is 0 Å². The molecule has 0 amide bonds. The molecule has 1 saturated heterocycles. The minimum atomic E-state index is -0.690. The van der Waals surface area contributed by atoms with E-state index in [4.69, 9.17) is 0 Å². The predicted octanol–water partition coefficient (Wildman–Crippen LogP) is 3.17. The summed E-state index contributed by atoms with van der Waals surface area (Å²) >= 11 is 0. The summed E-state index contributed by atoms with van der Waals surface area (Å²) in [5, 5.41) is 11.8. The number of piperidine rings is 1. The van der Waals surface area contributed by atoms with Crippen molar-refractivity contribution in [2.45, 2.75) is 76.0 Å². The van der Waals surface area contributed by atoms with Crippen LogP contribution < -0.4 is 0 Å². The molecule has 0 radical (unpaired) electrons. The second-order valence-electron chi connectivity index (χ2n) is 9.47. The Morgan fingerprint density at radius 3 is 2.83 bits per heavy atom. The molecular formula is C21H31NO2. The Bertz CT molecular complexity index is 599. The molecule has 24 heavy (non-hydrogen) atoms. The highest BCUT2D eigenvalue weighted by atomic mass is 16.3. The van der Waals surface area contributed by atoms with Crippen LogP contribution in [0.5, 0.6) is 0 Å². The summed E-state index contributed by atoms with van der Waals surface area (Å²) in [6.07, 6.45) is 11.1. The molecule has 0 aromatic heterocycles. The van der Waals surface area contributed by atoms with Crippen molar-refractivity contribution in [2.75, 3.05) is 7.05 Å². The molecule has 1 heterocycles. The molecule has 4 aliphatic carbocycles. The highest BCUT2D eigenvalue weighted by Gasteiger charge is 2.63. The van der Waals surface area contributed by atoms with Crippen molar-refractivity contribution in [1.29, 1.82) is 0 Å². The Hall–Kier alpha value is -0.670. The lowest BCUT2D eigenvalue weighted by Crippen LogP contribution is -2.57. The molecule has 8 atom stereocenters. The molecular weight excluding hydrogens is 298 g/mol. The van der Waals surface area contributed by atoms with Crippen molar-refractivity contribution in [3.05, 3.63) is 11.6 Å². The normalized spacial score (nSPS) is 53.9. The number of fused-ring (bicyclic) bond motifs is 9. The van der Waals surface area contributed by atoms with Gasteiger partial charge in [-0.15, -0.1) is 0 Å². The molecule has 0 aromatic rings. The van der Waals surface area contributed by atoms with E-state index in [0.717, 1.165) is 24.8 Å². The van der Waals surface area contributed by atoms with E-state index >= 15 is 0 Å². The summed E-state index contributed by atoms with van der Waals surface area (Å²) in [6, 6.07) is 1.12. The maximum atomic E-state index is 12.8. The molecule has 132 valence electrons. The number of carbonyl (C=O) groups excluding carboxylic acids is 1. The number of nitrogens with zero attached hydrogens (tertiary/aromatic N) is 1. The maximum absolute atomic E-state index is 12.8. The molecule has 1 N–H and O–H groups in total. The number of carbonyl (C=O) groups is 1. The maximum Gasteiger partial charge on any atom is 0.159 e. The van der Waals surface area contributed by atoms with Crippen molar-refractivity contribution in [3.8, 4) is 0 Å². The first-order valence-corrected chi connectivity index (χ1v) is 10.2. The summed E-state index contributed by atoms with van der Waals surface area (Å²) in [5.74, 6) is 2.53. The SMILES string of the molecule is C[C@@H]1CC[C@H]2[C@H](C[C@@H]3C[C@@]2(O)C2=CC(=O)[C@H]4CCCC[C@@H]4[C@H]23)N1C. The lowest BCUT2D eigenvalue weighted by atomic mass is 9.63. The van der Waals surface area contributed by atoms with Gasteiger partial charge in [0.05, 0.1) is 5.60 Å². The number of likely N-dealkylation sites (tertiary alicyclic amines) is 1. The van der Waals surface area contributed by atoms with Crippen molar-refractivity contribution in [2.24, 2.45) is 29.6 Å². The fourth-order valence-electron chi connectivity index (χ4n) is 7.41. The molecule has 2 bridgehead atoms. The third-order valence-electron chi connectivity index (χ3n) is 8.62. The number of ketones is 1. The molecule has 5 rings (SSSR count). The monoisotopic (exact) mass is 329 g/mol. The largest absolute Gasteiger partial charge is 0.385 e. The molecule has 3 saturated carbocycles. The Balaban J connectivity index is 1.58. The summed E-state index contributed by atoms with van der Waals surface area (Å²) in [5.41, 5.74) is 0.473. The standard InChI is InChI=1S/C21H31NO2/c1-12-7-8-16-18(22(12)2)9-13-11-21(16,24)17-10-19(23)14-5-3-4-6-15(14)20(13)17/h10,12-16,18,20,24H,3-9,11H2,1-2H3/t12-,13-,14+,15+,16+,18+,20-,21+/m1/s1. The number of hydrogen-bond acceptors (Lipinski definition) is 3. The van der Waals surface area contributed by atoms with Gasteiger partial charge in [-0.05, 0) is 81.9 Å². The summed E-state index contributed by atoms with van der Waals surface area (Å²) in [7, 11) is 2.25. The van der Waals surface area contributed by atoms with Gasteiger partial charge in [-0.1, -0.05) is 12.8 Å². The summed E-state index contributed by atoms with van der Waals surface area (Å²) in [4.78, 5) is 15.3. The molecule has 4 fully saturated rings. The highest BCUT2D eigenvalue weighted by molar-refractivity contribution is 5.94. The Labute approximate surface area is 145 Å². The number of hydrogen-bond donors (Lipinski definition) is 1. The molecule has 0 aromatic carbocycles. The van der Waals surface area contributed by atoms with Gasteiger partial charge in [0.25, 0.3) is 0 Å². The number of rotatable bonds is 0. The van der Waals surface area contributed by atoms with E-state index in [9.17, 15) is 9.90 Å². The van der Waals surface area contributed by atoms with E-state index in [2.05, 4.69) is 18.9 Å². The van der Waals surface area contributed by atoms with E-state index in [1.807, 2.05) is 6.08 Å². The third kappa shape index (κ3) is 1.89. The zero-order valence-corrected chi connectivity index (χ0v) is 15.1. The first-order valence-electron chi connectivity index (χ1n) is 10.2. The van der Waals surface area contributed by atoms with Crippen LogP contribution in [0.4, 0.5) is 0 Å². The van der Waals surface area contributed by atoms with Crippen molar-refractivity contribution < 1.29 is 9.90 Å². The van der Waals surface area contributed by atoms with Gasteiger partial charge < -0.3 is 10.0 Å². The van der Waals surface area contributed by atoms with Crippen LogP contribution in [0.25, 0.3) is 0 Å². The number of aliphatic hydroxyl groups is 1. The van der Waals surface area contributed by atoms with Crippen LogP contribution in [0, 0.1) is 29.6 Å². The van der Waals surface area contributed by atoms with Gasteiger partial charge in [0.15, 0.2) is 5.78 Å². The van der Waals surface area contributed by atoms with Gasteiger partial charge in [0.2, 0.25) is 0 Å². The molecule has 3 heteroatoms. The van der Waals surface area contributed by atoms with E-state index in [1.165, 1.54) is 32.1 Å². The van der Waals surface area contributed by atoms with Gasteiger partial charge >= 0.3 is 0 Å².